The van der Waals surface area contributed by atoms with Crippen molar-refractivity contribution in [2.24, 2.45) is 16.8 Å². The summed E-state index contributed by atoms with van der Waals surface area (Å²) in [5.41, 5.74) is 9.08. The number of likely N-dealkylation sites (tertiary alicyclic amines) is 2. The molecule has 2 fully saturated rings. The van der Waals surface area contributed by atoms with Crippen LogP contribution in [0.25, 0.3) is 22.3 Å². The zero-order chi connectivity index (χ0) is 39.2. The van der Waals surface area contributed by atoms with E-state index in [1.807, 2.05) is 43.7 Å². The number of rotatable bonds is 12. The topological polar surface area (TPSA) is 130 Å². The van der Waals surface area contributed by atoms with Crippen LogP contribution < -0.4 is 10.6 Å². The summed E-state index contributed by atoms with van der Waals surface area (Å²) in [7, 11) is 2.62. The van der Waals surface area contributed by atoms with Gasteiger partial charge in [-0.3, -0.25) is 14.6 Å². The van der Waals surface area contributed by atoms with Crippen molar-refractivity contribution in [1.82, 2.24) is 20.4 Å². The fourth-order valence-electron chi connectivity index (χ4n) is 8.27. The van der Waals surface area contributed by atoms with Gasteiger partial charge in [-0.15, -0.1) is 0 Å². The van der Waals surface area contributed by atoms with Gasteiger partial charge in [0, 0.05) is 31.4 Å². The smallest absolute Gasteiger partial charge is 0.407 e. The van der Waals surface area contributed by atoms with E-state index < -0.39 is 24.3 Å². The highest BCUT2D eigenvalue weighted by atomic mass is 16.5. The van der Waals surface area contributed by atoms with Gasteiger partial charge in [0.2, 0.25) is 11.8 Å². The normalized spacial score (nSPS) is 21.0. The highest BCUT2D eigenvalue weighted by Crippen LogP contribution is 2.37. The molecular formula is C44H55N5O6. The van der Waals surface area contributed by atoms with Crippen molar-refractivity contribution in [3.05, 3.63) is 83.6 Å². The first kappa shape index (κ1) is 39.5. The molecule has 5 atom stereocenters. The molecule has 2 aromatic carbocycles. The van der Waals surface area contributed by atoms with Gasteiger partial charge in [0.1, 0.15) is 12.1 Å². The maximum Gasteiger partial charge on any atom is 0.407 e. The van der Waals surface area contributed by atoms with Crippen LogP contribution >= 0.6 is 0 Å². The lowest BCUT2D eigenvalue weighted by molar-refractivity contribution is -0.135. The number of methoxy groups -OCH3 is 2. The zero-order valence-electron chi connectivity index (χ0n) is 33.0. The molecule has 11 heteroatoms. The lowest BCUT2D eigenvalue weighted by Crippen LogP contribution is -2.54. The molecule has 0 radical (unpaired) electrons. The van der Waals surface area contributed by atoms with Gasteiger partial charge in [0.25, 0.3) is 0 Å². The summed E-state index contributed by atoms with van der Waals surface area (Å²) in [6, 6.07) is 15.9. The molecule has 0 aromatic heterocycles. The molecule has 11 nitrogen and oxygen atoms in total. The predicted octanol–water partition coefficient (Wildman–Crippen LogP) is 7.39. The summed E-state index contributed by atoms with van der Waals surface area (Å²) in [6.45, 7) is 9.18. The Bertz CT molecular complexity index is 1880. The summed E-state index contributed by atoms with van der Waals surface area (Å²) in [6.07, 6.45) is 10.9. The number of nitrogens with one attached hydrogen (secondary N) is 2. The number of benzene rings is 2. The molecule has 0 bridgehead atoms. The van der Waals surface area contributed by atoms with Crippen molar-refractivity contribution in [3.8, 4) is 11.1 Å². The van der Waals surface area contributed by atoms with Crippen LogP contribution in [0.4, 0.5) is 9.59 Å². The molecule has 4 aliphatic rings. The molecule has 1 aliphatic carbocycles. The SMILES string of the molecule is CC[C@H](C)[C@H](NC(=O)OC)C(=O)N1CCC[C@H]1C1=NC=C(c2ccc(-c3ccc(C4=CC=C([C@@H]5CCCN5C(=O)[C@@H](NC(=O)OC)C(C)C)C4)cc3)cc2)C1. The number of carbonyl (C=O) groups excluding carboxylic acids is 4. The fraction of sp³-hybridized carbons (Fsp3) is 0.477. The zero-order valence-corrected chi connectivity index (χ0v) is 33.0. The Morgan fingerprint density at radius 1 is 0.709 bits per heavy atom. The van der Waals surface area contributed by atoms with Crippen LogP contribution in [0.5, 0.6) is 0 Å². The highest BCUT2D eigenvalue weighted by molar-refractivity contribution is 6.04. The molecule has 55 heavy (non-hydrogen) atoms. The molecule has 3 aliphatic heterocycles. The summed E-state index contributed by atoms with van der Waals surface area (Å²) >= 11 is 0. The predicted molar refractivity (Wildman–Crippen MR) is 215 cm³/mol. The highest BCUT2D eigenvalue weighted by Gasteiger charge is 2.40. The first-order valence-electron chi connectivity index (χ1n) is 19.7. The van der Waals surface area contributed by atoms with Crippen LogP contribution in [0.2, 0.25) is 0 Å². The molecule has 292 valence electrons. The molecular weight excluding hydrogens is 695 g/mol. The number of ether oxygens (including phenoxy) is 2. The average molecular weight is 750 g/mol. The van der Waals surface area contributed by atoms with Crippen molar-refractivity contribution in [2.75, 3.05) is 27.3 Å². The van der Waals surface area contributed by atoms with Gasteiger partial charge in [0.05, 0.1) is 26.3 Å². The molecule has 2 saturated heterocycles. The Morgan fingerprint density at radius 2 is 1.22 bits per heavy atom. The third kappa shape index (κ3) is 8.71. The van der Waals surface area contributed by atoms with Crippen LogP contribution in [0.1, 0.15) is 83.8 Å². The number of alkyl carbamates (subject to hydrolysis) is 2. The van der Waals surface area contributed by atoms with E-state index in [0.717, 1.165) is 72.1 Å². The molecule has 4 amide bonds. The van der Waals surface area contributed by atoms with Gasteiger partial charge in [-0.25, -0.2) is 9.59 Å². The van der Waals surface area contributed by atoms with Gasteiger partial charge in [-0.2, -0.15) is 0 Å². The van der Waals surface area contributed by atoms with Gasteiger partial charge in [-0.05, 0) is 82.9 Å². The van der Waals surface area contributed by atoms with E-state index >= 15 is 0 Å². The second-order valence-electron chi connectivity index (χ2n) is 15.5. The number of hydrogen-bond acceptors (Lipinski definition) is 7. The molecule has 0 saturated carbocycles. The lowest BCUT2D eigenvalue weighted by Gasteiger charge is -2.31. The van der Waals surface area contributed by atoms with E-state index in [0.29, 0.717) is 19.5 Å². The molecule has 0 unspecified atom stereocenters. The minimum Gasteiger partial charge on any atom is -0.453 e. The standard InChI is InChI=1S/C44H55N5O6/c1-7-28(4)40(47-44(53)55-6)42(51)49-23-9-11-38(49)36-25-35(26-45-36)32-18-14-30(15-19-32)29-12-16-31(17-13-29)33-20-21-34(24-33)37-10-8-22-48(37)41(50)39(27(2)3)46-43(52)54-5/h12-21,26-28,37-40H,7-11,22-25H2,1-6H3,(H,46,52)(H,47,53)/t28-,37-,38-,39-,40-/m0/s1. The number of amides is 4. The largest absolute Gasteiger partial charge is 0.453 e. The fourth-order valence-corrected chi connectivity index (χ4v) is 8.27. The molecule has 0 spiro atoms. The first-order chi connectivity index (χ1) is 26.5. The van der Waals surface area contributed by atoms with Crippen LogP contribution in [0, 0.1) is 11.8 Å². The Morgan fingerprint density at radius 3 is 1.78 bits per heavy atom. The van der Waals surface area contributed by atoms with Crippen molar-refractivity contribution < 1.29 is 28.7 Å². The van der Waals surface area contributed by atoms with Crippen molar-refractivity contribution in [3.63, 3.8) is 0 Å². The third-order valence-electron chi connectivity index (χ3n) is 11.7. The molecule has 2 N–H and O–H groups in total. The minimum absolute atomic E-state index is 0.0214. The van der Waals surface area contributed by atoms with E-state index in [9.17, 15) is 19.2 Å². The Labute approximate surface area is 324 Å². The van der Waals surface area contributed by atoms with E-state index in [-0.39, 0.29) is 35.7 Å². The number of aliphatic imine (C=N–C) groups is 1. The van der Waals surface area contributed by atoms with Crippen LogP contribution in [0.3, 0.4) is 0 Å². The summed E-state index contributed by atoms with van der Waals surface area (Å²) < 4.78 is 9.59. The van der Waals surface area contributed by atoms with Crippen LogP contribution in [-0.4, -0.2) is 91.0 Å². The number of allylic oxidation sites excluding steroid dienone is 4. The summed E-state index contributed by atoms with van der Waals surface area (Å²) in [5, 5.41) is 5.51. The van der Waals surface area contributed by atoms with E-state index in [4.69, 9.17) is 14.5 Å². The number of nitrogens with zero attached hydrogens (tertiary/aromatic N) is 3. The maximum atomic E-state index is 13.7. The monoisotopic (exact) mass is 749 g/mol. The van der Waals surface area contributed by atoms with Crippen LogP contribution in [-0.2, 0) is 19.1 Å². The second kappa shape index (κ2) is 17.5. The Hall–Kier alpha value is -5.19. The molecule has 2 aromatic rings. The van der Waals surface area contributed by atoms with Gasteiger partial charge < -0.3 is 29.9 Å². The van der Waals surface area contributed by atoms with E-state index in [1.54, 1.807) is 0 Å². The quantitative estimate of drug-likeness (QED) is 0.233. The summed E-state index contributed by atoms with van der Waals surface area (Å²) in [4.78, 5) is 60.0. The van der Waals surface area contributed by atoms with Gasteiger partial charge >= 0.3 is 12.2 Å². The van der Waals surface area contributed by atoms with Gasteiger partial charge in [-0.1, -0.05) is 94.8 Å². The van der Waals surface area contributed by atoms with Crippen molar-refractivity contribution in [1.29, 1.82) is 0 Å². The second-order valence-corrected chi connectivity index (χ2v) is 15.5. The van der Waals surface area contributed by atoms with E-state index in [2.05, 4.69) is 71.3 Å². The average Bonchev–Trinajstić information content (AvgIpc) is 4.05. The Balaban J connectivity index is 1.04. The van der Waals surface area contributed by atoms with Crippen molar-refractivity contribution in [2.45, 2.75) is 96.8 Å². The third-order valence-corrected chi connectivity index (χ3v) is 11.7. The first-order valence-corrected chi connectivity index (χ1v) is 19.7. The minimum atomic E-state index is -0.639. The molecule has 6 rings (SSSR count). The van der Waals surface area contributed by atoms with Crippen molar-refractivity contribution >= 4 is 40.9 Å². The van der Waals surface area contributed by atoms with Crippen LogP contribution in [0.15, 0.2) is 77.4 Å². The lowest BCUT2D eigenvalue weighted by atomic mass is 9.94. The number of carbonyl (C=O) groups is 4. The van der Waals surface area contributed by atoms with Gasteiger partial charge in [0.15, 0.2) is 0 Å². The van der Waals surface area contributed by atoms with E-state index in [1.165, 1.54) is 25.4 Å². The number of hydrogen-bond donors (Lipinski definition) is 2. The summed E-state index contributed by atoms with van der Waals surface area (Å²) in [5.74, 6) is -0.220. The maximum absolute atomic E-state index is 13.7. The Kier molecular flexibility index (Phi) is 12.6. The molecule has 3 heterocycles.